The van der Waals surface area contributed by atoms with Crippen molar-refractivity contribution in [3.8, 4) is 5.75 Å². The maximum atomic E-state index is 14.0. The molecule has 0 bridgehead atoms. The number of benzene rings is 1. The monoisotopic (exact) mass is 272 g/mol. The van der Waals surface area contributed by atoms with Crippen LogP contribution in [0.4, 0.5) is 8.78 Å². The number of aliphatic hydroxyl groups is 1. The molecule has 19 heavy (non-hydrogen) atoms. The average molecular weight is 272 g/mol. The molecule has 3 N–H and O–H groups in total. The maximum Gasteiger partial charge on any atom is 0.289 e. The fourth-order valence-corrected chi connectivity index (χ4v) is 2.41. The summed E-state index contributed by atoms with van der Waals surface area (Å²) in [5.74, 6) is -3.18. The van der Waals surface area contributed by atoms with Gasteiger partial charge in [0.25, 0.3) is 5.92 Å². The molecule has 4 nitrogen and oxygen atoms in total. The fraction of sp³-hybridized carbons (Fsp3) is 0.538. The molecule has 0 spiro atoms. The topological polar surface area (TPSA) is 55.7 Å². The highest BCUT2D eigenvalue weighted by Gasteiger charge is 2.43. The zero-order chi connectivity index (χ0) is 13.9. The predicted molar refractivity (Wildman–Crippen MR) is 67.3 cm³/mol. The van der Waals surface area contributed by atoms with Crippen LogP contribution < -0.4 is 5.32 Å². The van der Waals surface area contributed by atoms with Gasteiger partial charge in [-0.05, 0) is 17.7 Å². The molecule has 1 aromatic carbocycles. The van der Waals surface area contributed by atoms with E-state index in [0.29, 0.717) is 31.7 Å². The number of halogens is 2. The van der Waals surface area contributed by atoms with Gasteiger partial charge < -0.3 is 15.5 Å². The molecule has 1 atom stereocenters. The number of nitrogens with zero attached hydrogens (tertiary/aromatic N) is 1. The van der Waals surface area contributed by atoms with E-state index in [1.54, 1.807) is 4.90 Å². The van der Waals surface area contributed by atoms with Crippen LogP contribution in [0.2, 0.25) is 0 Å². The van der Waals surface area contributed by atoms with E-state index < -0.39 is 18.6 Å². The molecule has 0 aliphatic carbocycles. The van der Waals surface area contributed by atoms with Crippen molar-refractivity contribution in [2.24, 2.45) is 0 Å². The molecule has 0 radical (unpaired) electrons. The second-order valence-electron chi connectivity index (χ2n) is 4.70. The normalized spacial score (nSPS) is 19.3. The van der Waals surface area contributed by atoms with Gasteiger partial charge in [-0.3, -0.25) is 4.90 Å². The van der Waals surface area contributed by atoms with Crippen molar-refractivity contribution >= 4 is 0 Å². The predicted octanol–water partition coefficient (Wildman–Crippen LogP) is 0.966. The first-order valence-electron chi connectivity index (χ1n) is 6.27. The molecule has 0 saturated carbocycles. The van der Waals surface area contributed by atoms with Gasteiger partial charge in [-0.15, -0.1) is 0 Å². The number of nitrogens with one attached hydrogen (secondary N) is 1. The van der Waals surface area contributed by atoms with Crippen LogP contribution in [-0.2, 0) is 0 Å². The van der Waals surface area contributed by atoms with Crippen molar-refractivity contribution in [1.29, 1.82) is 0 Å². The van der Waals surface area contributed by atoms with Crippen molar-refractivity contribution in [3.05, 3.63) is 29.8 Å². The van der Waals surface area contributed by atoms with Crippen LogP contribution in [0.5, 0.6) is 5.75 Å². The Morgan fingerprint density at radius 2 is 1.79 bits per heavy atom. The van der Waals surface area contributed by atoms with Crippen LogP contribution >= 0.6 is 0 Å². The Labute approximate surface area is 110 Å². The minimum absolute atomic E-state index is 0.0372. The second-order valence-corrected chi connectivity index (χ2v) is 4.70. The van der Waals surface area contributed by atoms with Gasteiger partial charge in [-0.25, -0.2) is 8.78 Å². The lowest BCUT2D eigenvalue weighted by atomic mass is 9.98. The summed E-state index contributed by atoms with van der Waals surface area (Å²) < 4.78 is 28.0. The van der Waals surface area contributed by atoms with Gasteiger partial charge in [0.15, 0.2) is 0 Å². The minimum Gasteiger partial charge on any atom is -0.508 e. The van der Waals surface area contributed by atoms with Crippen molar-refractivity contribution in [1.82, 2.24) is 10.2 Å². The molecule has 1 aliphatic heterocycles. The van der Waals surface area contributed by atoms with Crippen molar-refractivity contribution in [2.45, 2.75) is 12.0 Å². The molecular formula is C13H18F2N2O2. The number of aliphatic hydroxyl groups excluding tert-OH is 1. The first-order valence-corrected chi connectivity index (χ1v) is 6.27. The number of hydrogen-bond donors (Lipinski definition) is 3. The summed E-state index contributed by atoms with van der Waals surface area (Å²) in [5, 5.41) is 21.3. The zero-order valence-electron chi connectivity index (χ0n) is 10.5. The highest BCUT2D eigenvalue weighted by Crippen LogP contribution is 2.36. The lowest BCUT2D eigenvalue weighted by Gasteiger charge is -2.38. The van der Waals surface area contributed by atoms with Gasteiger partial charge in [-0.2, -0.15) is 0 Å². The summed E-state index contributed by atoms with van der Waals surface area (Å²) in [7, 11) is 0. The van der Waals surface area contributed by atoms with Crippen molar-refractivity contribution in [2.75, 3.05) is 32.8 Å². The zero-order valence-corrected chi connectivity index (χ0v) is 10.5. The van der Waals surface area contributed by atoms with E-state index in [2.05, 4.69) is 5.32 Å². The highest BCUT2D eigenvalue weighted by atomic mass is 19.3. The largest absolute Gasteiger partial charge is 0.508 e. The van der Waals surface area contributed by atoms with Gasteiger partial charge in [0.05, 0.1) is 0 Å². The first kappa shape index (κ1) is 14.2. The lowest BCUT2D eigenvalue weighted by molar-refractivity contribution is -0.118. The molecule has 106 valence electrons. The Bertz CT molecular complexity index is 406. The number of aromatic hydroxyl groups is 1. The van der Waals surface area contributed by atoms with E-state index in [4.69, 9.17) is 5.11 Å². The second kappa shape index (κ2) is 5.81. The SMILES string of the molecule is OCC(F)(F)[C@@H](c1ccc(O)cc1)N1CCNCC1. The van der Waals surface area contributed by atoms with Crippen LogP contribution in [0.3, 0.4) is 0 Å². The number of hydrogen-bond acceptors (Lipinski definition) is 4. The fourth-order valence-electron chi connectivity index (χ4n) is 2.41. The molecule has 1 saturated heterocycles. The smallest absolute Gasteiger partial charge is 0.289 e. The molecule has 1 aliphatic rings. The standard InChI is InChI=1S/C13H18F2N2O2/c14-13(15,9-18)12(17-7-5-16-6-8-17)10-1-3-11(19)4-2-10/h1-4,12,16,18-19H,5-9H2/t12-/m1/s1. The quantitative estimate of drug-likeness (QED) is 0.764. The summed E-state index contributed by atoms with van der Waals surface area (Å²) in [5.41, 5.74) is 0.402. The molecule has 1 aromatic rings. The number of phenolic OH excluding ortho intramolecular Hbond substituents is 1. The van der Waals surface area contributed by atoms with E-state index >= 15 is 0 Å². The Morgan fingerprint density at radius 3 is 2.32 bits per heavy atom. The summed E-state index contributed by atoms with van der Waals surface area (Å²) >= 11 is 0. The molecule has 1 heterocycles. The van der Waals surface area contributed by atoms with E-state index in [-0.39, 0.29) is 5.75 Å². The maximum absolute atomic E-state index is 14.0. The average Bonchev–Trinajstić information content (AvgIpc) is 2.42. The van der Waals surface area contributed by atoms with Crippen LogP contribution in [0, 0.1) is 0 Å². The Kier molecular flexibility index (Phi) is 4.34. The Morgan fingerprint density at radius 1 is 1.21 bits per heavy atom. The summed E-state index contributed by atoms with van der Waals surface area (Å²) in [6, 6.07) is 4.56. The van der Waals surface area contributed by atoms with Crippen molar-refractivity contribution < 1.29 is 19.0 Å². The van der Waals surface area contributed by atoms with Gasteiger partial charge in [0, 0.05) is 26.2 Å². The van der Waals surface area contributed by atoms with Crippen LogP contribution in [0.15, 0.2) is 24.3 Å². The van der Waals surface area contributed by atoms with Crippen LogP contribution in [0.1, 0.15) is 11.6 Å². The molecular weight excluding hydrogens is 254 g/mol. The van der Waals surface area contributed by atoms with Gasteiger partial charge >= 0.3 is 0 Å². The third-order valence-electron chi connectivity index (χ3n) is 3.34. The highest BCUT2D eigenvalue weighted by molar-refractivity contribution is 5.29. The molecule has 0 aromatic heterocycles. The molecule has 0 amide bonds. The summed E-state index contributed by atoms with van der Waals surface area (Å²) in [6.07, 6.45) is 0. The van der Waals surface area contributed by atoms with E-state index in [1.165, 1.54) is 24.3 Å². The van der Waals surface area contributed by atoms with Gasteiger partial charge in [0.2, 0.25) is 0 Å². The van der Waals surface area contributed by atoms with Gasteiger partial charge in [0.1, 0.15) is 18.4 Å². The molecule has 2 rings (SSSR count). The lowest BCUT2D eigenvalue weighted by Crippen LogP contribution is -2.51. The van der Waals surface area contributed by atoms with E-state index in [1.807, 2.05) is 0 Å². The van der Waals surface area contributed by atoms with Crippen LogP contribution in [0.25, 0.3) is 0 Å². The van der Waals surface area contributed by atoms with Crippen LogP contribution in [-0.4, -0.2) is 53.8 Å². The van der Waals surface area contributed by atoms with Gasteiger partial charge in [-0.1, -0.05) is 12.1 Å². The number of rotatable bonds is 4. The first-order chi connectivity index (χ1) is 9.04. The third-order valence-corrected chi connectivity index (χ3v) is 3.34. The molecule has 0 unspecified atom stereocenters. The number of alkyl halides is 2. The number of piperazine rings is 1. The van der Waals surface area contributed by atoms with E-state index in [9.17, 15) is 13.9 Å². The summed E-state index contributed by atoms with van der Waals surface area (Å²) in [6.45, 7) is 1.11. The van der Waals surface area contributed by atoms with E-state index in [0.717, 1.165) is 0 Å². The molecule has 6 heteroatoms. The molecule has 1 fully saturated rings. The Hall–Kier alpha value is -1.24. The number of phenols is 1. The van der Waals surface area contributed by atoms with Crippen molar-refractivity contribution in [3.63, 3.8) is 0 Å². The summed E-state index contributed by atoms with van der Waals surface area (Å²) in [4.78, 5) is 1.67. The third kappa shape index (κ3) is 3.20. The Balaban J connectivity index is 2.30. The minimum atomic E-state index is -3.21.